The van der Waals surface area contributed by atoms with Crippen molar-refractivity contribution in [1.29, 1.82) is 0 Å². The Kier molecular flexibility index (Phi) is 7.18. The van der Waals surface area contributed by atoms with Crippen molar-refractivity contribution in [2.75, 3.05) is 0 Å². The molecule has 0 atom stereocenters. The van der Waals surface area contributed by atoms with Crippen LogP contribution in [0.3, 0.4) is 0 Å². The molecular weight excluding hydrogens is 472 g/mol. The van der Waals surface area contributed by atoms with Gasteiger partial charge in [-0.2, -0.15) is 5.10 Å². The molecule has 0 saturated carbocycles. The summed E-state index contributed by atoms with van der Waals surface area (Å²) in [6, 6.07) is 30.5. The van der Waals surface area contributed by atoms with E-state index in [0.717, 1.165) is 68.3 Å². The van der Waals surface area contributed by atoms with Crippen LogP contribution in [0.1, 0.15) is 41.2 Å². The van der Waals surface area contributed by atoms with Crippen LogP contribution in [-0.2, 0) is 4.79 Å². The smallest absolute Gasteiger partial charge is 0.328 e. The third kappa shape index (κ3) is 5.42. The van der Waals surface area contributed by atoms with Crippen LogP contribution in [0, 0.1) is 6.92 Å². The van der Waals surface area contributed by atoms with Crippen molar-refractivity contribution in [3.63, 3.8) is 0 Å². The van der Waals surface area contributed by atoms with Gasteiger partial charge in [0, 0.05) is 11.5 Å². The van der Waals surface area contributed by atoms with Crippen molar-refractivity contribution >= 4 is 34.1 Å². The van der Waals surface area contributed by atoms with Crippen LogP contribution < -0.4 is 4.74 Å². The molecular formula is C33H28N2O3. The van der Waals surface area contributed by atoms with E-state index in [1.807, 2.05) is 79.9 Å². The molecule has 2 N–H and O–H groups in total. The fraction of sp³-hybridized carbons (Fsp3) is 0.0909. The van der Waals surface area contributed by atoms with E-state index in [1.54, 1.807) is 6.08 Å². The zero-order valence-electron chi connectivity index (χ0n) is 21.3. The normalized spacial score (nSPS) is 12.1. The van der Waals surface area contributed by atoms with Crippen LogP contribution in [0.2, 0.25) is 0 Å². The molecule has 0 bridgehead atoms. The van der Waals surface area contributed by atoms with Gasteiger partial charge in [0.1, 0.15) is 11.5 Å². The number of carboxylic acid groups (broad SMARTS) is 1. The van der Waals surface area contributed by atoms with E-state index in [-0.39, 0.29) is 0 Å². The second kappa shape index (κ2) is 11.0. The number of carbonyl (C=O) groups is 1. The van der Waals surface area contributed by atoms with E-state index in [2.05, 4.69) is 41.4 Å². The first-order valence-electron chi connectivity index (χ1n) is 12.5. The molecule has 0 fully saturated rings. The summed E-state index contributed by atoms with van der Waals surface area (Å²) in [6.45, 7) is 4.19. The maximum Gasteiger partial charge on any atom is 0.328 e. The maximum absolute atomic E-state index is 11.0. The van der Waals surface area contributed by atoms with E-state index >= 15 is 0 Å². The summed E-state index contributed by atoms with van der Waals surface area (Å²) in [5.41, 5.74) is 8.37. The molecule has 5 nitrogen and oxygen atoms in total. The number of para-hydroxylation sites is 1. The van der Waals surface area contributed by atoms with Gasteiger partial charge in [-0.25, -0.2) is 4.79 Å². The monoisotopic (exact) mass is 500 g/mol. The Hall–Kier alpha value is -4.90. The van der Waals surface area contributed by atoms with Crippen LogP contribution in [-0.4, -0.2) is 21.3 Å². The molecule has 0 unspecified atom stereocenters. The van der Waals surface area contributed by atoms with Gasteiger partial charge in [-0.1, -0.05) is 67.6 Å². The van der Waals surface area contributed by atoms with Gasteiger partial charge in [-0.05, 0) is 88.7 Å². The molecule has 5 rings (SSSR count). The average Bonchev–Trinajstić information content (AvgIpc) is 3.40. The number of nitrogens with zero attached hydrogens (tertiary/aromatic N) is 1. The lowest BCUT2D eigenvalue weighted by molar-refractivity contribution is -0.131. The van der Waals surface area contributed by atoms with Crippen LogP contribution in [0.4, 0.5) is 0 Å². The highest BCUT2D eigenvalue weighted by Crippen LogP contribution is 2.37. The molecule has 38 heavy (non-hydrogen) atoms. The molecule has 0 aliphatic heterocycles. The number of ether oxygens (including phenoxy) is 1. The lowest BCUT2D eigenvalue weighted by Gasteiger charge is -2.18. The number of aromatic amines is 1. The fourth-order valence-corrected chi connectivity index (χ4v) is 4.61. The quantitative estimate of drug-likeness (QED) is 0.167. The minimum atomic E-state index is -0.968. The van der Waals surface area contributed by atoms with Gasteiger partial charge < -0.3 is 9.84 Å². The largest absolute Gasteiger partial charge is 0.478 e. The standard InChI is InChI=1S/C33H28N2O3/c1-3-29(25-8-6-9-28(20-25)38-31-10-5-4-7-22(31)2)33(26-16-17-30-27(19-26)21-34-35-30)24-14-11-23(12-15-24)13-18-32(36)37/h4-21H,3H2,1-2H3,(H,34,35)(H,36,37)/b18-13+,33-29+. The summed E-state index contributed by atoms with van der Waals surface area (Å²) in [6.07, 6.45) is 5.38. The molecule has 0 spiro atoms. The summed E-state index contributed by atoms with van der Waals surface area (Å²) in [4.78, 5) is 11.0. The number of benzene rings is 4. The van der Waals surface area contributed by atoms with E-state index in [1.165, 1.54) is 5.57 Å². The lowest BCUT2D eigenvalue weighted by Crippen LogP contribution is -1.96. The Labute approximate surface area is 221 Å². The fourth-order valence-electron chi connectivity index (χ4n) is 4.61. The van der Waals surface area contributed by atoms with Crippen molar-refractivity contribution < 1.29 is 14.6 Å². The van der Waals surface area contributed by atoms with Crippen molar-refractivity contribution in [3.05, 3.63) is 131 Å². The Morgan fingerprint density at radius 1 is 0.921 bits per heavy atom. The topological polar surface area (TPSA) is 75.2 Å². The van der Waals surface area contributed by atoms with Crippen molar-refractivity contribution in [2.45, 2.75) is 20.3 Å². The number of carboxylic acids is 1. The SMILES string of the molecule is CC/C(=C(/c1ccc(/C=C/C(=O)O)cc1)c1ccc2[nH]ncc2c1)c1cccc(Oc2ccccc2C)c1. The zero-order valence-corrected chi connectivity index (χ0v) is 21.3. The molecule has 188 valence electrons. The molecule has 5 heteroatoms. The first-order chi connectivity index (χ1) is 18.5. The number of aromatic nitrogens is 2. The maximum atomic E-state index is 11.0. The number of aryl methyl sites for hydroxylation is 1. The van der Waals surface area contributed by atoms with Gasteiger partial charge in [-0.15, -0.1) is 0 Å². The number of hydrogen-bond acceptors (Lipinski definition) is 3. The highest BCUT2D eigenvalue weighted by Gasteiger charge is 2.15. The Bertz CT molecular complexity index is 1660. The van der Waals surface area contributed by atoms with Crippen LogP contribution in [0.15, 0.2) is 103 Å². The molecule has 5 aromatic rings. The van der Waals surface area contributed by atoms with Gasteiger partial charge in [0.25, 0.3) is 0 Å². The number of H-pyrrole nitrogens is 1. The summed E-state index contributed by atoms with van der Waals surface area (Å²) in [5, 5.41) is 17.2. The molecule has 0 saturated heterocycles. The van der Waals surface area contributed by atoms with Gasteiger partial charge in [0.2, 0.25) is 0 Å². The van der Waals surface area contributed by atoms with Gasteiger partial charge in [0.05, 0.1) is 11.7 Å². The third-order valence-electron chi connectivity index (χ3n) is 6.51. The van der Waals surface area contributed by atoms with Crippen LogP contribution in [0.25, 0.3) is 28.1 Å². The molecule has 1 heterocycles. The summed E-state index contributed by atoms with van der Waals surface area (Å²) in [7, 11) is 0. The Morgan fingerprint density at radius 3 is 2.47 bits per heavy atom. The molecule has 0 amide bonds. The zero-order chi connectivity index (χ0) is 26.5. The van der Waals surface area contributed by atoms with E-state index in [0.29, 0.717) is 0 Å². The Balaban J connectivity index is 1.64. The second-order valence-electron chi connectivity index (χ2n) is 9.07. The highest BCUT2D eigenvalue weighted by atomic mass is 16.5. The predicted molar refractivity (Wildman–Crippen MR) is 153 cm³/mol. The number of aliphatic carboxylic acids is 1. The number of nitrogens with one attached hydrogen (secondary N) is 1. The van der Waals surface area contributed by atoms with Gasteiger partial charge >= 0.3 is 5.97 Å². The average molecular weight is 501 g/mol. The number of hydrogen-bond donors (Lipinski definition) is 2. The second-order valence-corrected chi connectivity index (χ2v) is 9.07. The minimum Gasteiger partial charge on any atom is -0.478 e. The Morgan fingerprint density at radius 2 is 1.71 bits per heavy atom. The van der Waals surface area contributed by atoms with E-state index < -0.39 is 5.97 Å². The lowest BCUT2D eigenvalue weighted by atomic mass is 9.87. The molecule has 1 aromatic heterocycles. The van der Waals surface area contributed by atoms with Gasteiger partial charge in [0.15, 0.2) is 0 Å². The third-order valence-corrected chi connectivity index (χ3v) is 6.51. The number of allylic oxidation sites excluding steroid dienone is 1. The summed E-state index contributed by atoms with van der Waals surface area (Å²) in [5.74, 6) is 0.646. The first-order valence-corrected chi connectivity index (χ1v) is 12.5. The number of rotatable bonds is 8. The number of fused-ring (bicyclic) bond motifs is 1. The predicted octanol–water partition coefficient (Wildman–Crippen LogP) is 8.13. The first kappa shape index (κ1) is 24.8. The summed E-state index contributed by atoms with van der Waals surface area (Å²) < 4.78 is 6.25. The van der Waals surface area contributed by atoms with Crippen LogP contribution in [0.5, 0.6) is 11.5 Å². The van der Waals surface area contributed by atoms with Crippen LogP contribution >= 0.6 is 0 Å². The molecule has 0 aliphatic carbocycles. The highest BCUT2D eigenvalue weighted by molar-refractivity contribution is 6.00. The van der Waals surface area contributed by atoms with E-state index in [9.17, 15) is 4.79 Å². The molecule has 0 radical (unpaired) electrons. The van der Waals surface area contributed by atoms with Gasteiger partial charge in [-0.3, -0.25) is 5.10 Å². The molecule has 4 aromatic carbocycles. The minimum absolute atomic E-state index is 0.779. The van der Waals surface area contributed by atoms with Crippen molar-refractivity contribution in [3.8, 4) is 11.5 Å². The van der Waals surface area contributed by atoms with Crippen molar-refractivity contribution in [1.82, 2.24) is 10.2 Å². The van der Waals surface area contributed by atoms with E-state index in [4.69, 9.17) is 9.84 Å². The summed E-state index contributed by atoms with van der Waals surface area (Å²) >= 11 is 0. The molecule has 0 aliphatic rings. The van der Waals surface area contributed by atoms with Crippen molar-refractivity contribution in [2.24, 2.45) is 0 Å².